The summed E-state index contributed by atoms with van der Waals surface area (Å²) >= 11 is 0. The molecule has 0 aromatic carbocycles. The first-order chi connectivity index (χ1) is 9.36. The number of nitrogens with two attached hydrogens (primary N) is 1. The molecule has 0 spiro atoms. The monoisotopic (exact) mass is 274 g/mol. The highest BCUT2D eigenvalue weighted by molar-refractivity contribution is 5.29. The topological polar surface area (TPSA) is 48.1 Å². The average molecular weight is 274 g/mol. The van der Waals surface area contributed by atoms with Crippen molar-refractivity contribution in [2.45, 2.75) is 59.1 Å². The standard InChI is InChI=1S/C17H26N2O/c1-11(18)13-6-5-9-19-15(13)20-14-10-12-7-8-17(14,4)16(12,2)3/h5-6,9,11-12,14H,7-8,10,18H2,1-4H3. The largest absolute Gasteiger partial charge is 0.473 e. The third-order valence-electron chi connectivity index (χ3n) is 6.26. The fourth-order valence-electron chi connectivity index (χ4n) is 4.29. The molecule has 110 valence electrons. The smallest absolute Gasteiger partial charge is 0.218 e. The van der Waals surface area contributed by atoms with E-state index in [0.29, 0.717) is 5.41 Å². The molecule has 0 radical (unpaired) electrons. The highest BCUT2D eigenvalue weighted by atomic mass is 16.5. The molecular weight excluding hydrogens is 248 g/mol. The van der Waals surface area contributed by atoms with Crippen molar-refractivity contribution in [2.24, 2.45) is 22.5 Å². The Balaban J connectivity index is 1.87. The van der Waals surface area contributed by atoms with Crippen LogP contribution in [0.15, 0.2) is 18.3 Å². The maximum absolute atomic E-state index is 6.35. The molecule has 0 aliphatic heterocycles. The van der Waals surface area contributed by atoms with E-state index in [4.69, 9.17) is 10.5 Å². The molecule has 2 saturated carbocycles. The Labute approximate surface area is 121 Å². The number of hydrogen-bond donors (Lipinski definition) is 1. The molecular formula is C17H26N2O. The predicted molar refractivity (Wildman–Crippen MR) is 80.5 cm³/mol. The van der Waals surface area contributed by atoms with Crippen LogP contribution in [0.25, 0.3) is 0 Å². The molecule has 4 unspecified atom stereocenters. The molecule has 0 saturated heterocycles. The van der Waals surface area contributed by atoms with Crippen LogP contribution in [0.2, 0.25) is 0 Å². The second kappa shape index (κ2) is 4.45. The SMILES string of the molecule is CC(N)c1cccnc1OC1CC2CCC1(C)C2(C)C. The molecule has 1 aromatic rings. The van der Waals surface area contributed by atoms with Gasteiger partial charge < -0.3 is 10.5 Å². The molecule has 1 heterocycles. The van der Waals surface area contributed by atoms with Gasteiger partial charge in [-0.25, -0.2) is 4.98 Å². The Morgan fingerprint density at radius 2 is 2.15 bits per heavy atom. The molecule has 4 atom stereocenters. The summed E-state index contributed by atoms with van der Waals surface area (Å²) in [5.41, 5.74) is 7.66. The van der Waals surface area contributed by atoms with Crippen molar-refractivity contribution < 1.29 is 4.74 Å². The lowest BCUT2D eigenvalue weighted by Crippen LogP contribution is -2.39. The normalized spacial score (nSPS) is 36.0. The van der Waals surface area contributed by atoms with E-state index in [1.54, 1.807) is 6.20 Å². The number of pyridine rings is 1. The first kappa shape index (κ1) is 13.9. The van der Waals surface area contributed by atoms with Gasteiger partial charge in [-0.05, 0) is 43.6 Å². The maximum Gasteiger partial charge on any atom is 0.218 e. The van der Waals surface area contributed by atoms with Crippen LogP contribution in [0.3, 0.4) is 0 Å². The lowest BCUT2D eigenvalue weighted by atomic mass is 9.70. The van der Waals surface area contributed by atoms with Crippen LogP contribution < -0.4 is 10.5 Å². The Kier molecular flexibility index (Phi) is 3.09. The third kappa shape index (κ3) is 1.79. The predicted octanol–water partition coefficient (Wildman–Crippen LogP) is 3.69. The van der Waals surface area contributed by atoms with E-state index >= 15 is 0 Å². The van der Waals surface area contributed by atoms with Gasteiger partial charge in [-0.15, -0.1) is 0 Å². The summed E-state index contributed by atoms with van der Waals surface area (Å²) in [6.45, 7) is 9.17. The number of fused-ring (bicyclic) bond motifs is 2. The summed E-state index contributed by atoms with van der Waals surface area (Å²) in [6.07, 6.45) is 5.81. The van der Waals surface area contributed by atoms with Crippen LogP contribution in [0.1, 0.15) is 58.6 Å². The van der Waals surface area contributed by atoms with E-state index in [0.717, 1.165) is 23.8 Å². The molecule has 20 heavy (non-hydrogen) atoms. The van der Waals surface area contributed by atoms with Gasteiger partial charge in [0.25, 0.3) is 0 Å². The summed E-state index contributed by atoms with van der Waals surface area (Å²) in [5.74, 6) is 1.51. The van der Waals surface area contributed by atoms with Crippen molar-refractivity contribution in [1.29, 1.82) is 0 Å². The van der Waals surface area contributed by atoms with Gasteiger partial charge in [-0.3, -0.25) is 0 Å². The van der Waals surface area contributed by atoms with Gasteiger partial charge >= 0.3 is 0 Å². The minimum atomic E-state index is -0.0434. The average Bonchev–Trinajstić information content (AvgIpc) is 2.72. The van der Waals surface area contributed by atoms with E-state index in [2.05, 4.69) is 25.8 Å². The van der Waals surface area contributed by atoms with Crippen molar-refractivity contribution in [1.82, 2.24) is 4.98 Å². The fraction of sp³-hybridized carbons (Fsp3) is 0.706. The molecule has 1 aromatic heterocycles. The minimum Gasteiger partial charge on any atom is -0.473 e. The first-order valence-corrected chi connectivity index (χ1v) is 7.73. The van der Waals surface area contributed by atoms with Gasteiger partial charge in [0.2, 0.25) is 5.88 Å². The molecule has 2 fully saturated rings. The lowest BCUT2D eigenvalue weighted by molar-refractivity contribution is 0.0265. The number of nitrogens with zero attached hydrogens (tertiary/aromatic N) is 1. The van der Waals surface area contributed by atoms with Crippen LogP contribution in [-0.4, -0.2) is 11.1 Å². The van der Waals surface area contributed by atoms with E-state index in [1.165, 1.54) is 12.8 Å². The van der Waals surface area contributed by atoms with Crippen LogP contribution in [-0.2, 0) is 0 Å². The molecule has 2 bridgehead atoms. The van der Waals surface area contributed by atoms with Gasteiger partial charge in [0, 0.05) is 23.2 Å². The van der Waals surface area contributed by atoms with Crippen LogP contribution >= 0.6 is 0 Å². The third-order valence-corrected chi connectivity index (χ3v) is 6.26. The van der Waals surface area contributed by atoms with Gasteiger partial charge in [0.1, 0.15) is 6.10 Å². The van der Waals surface area contributed by atoms with Crippen molar-refractivity contribution in [3.63, 3.8) is 0 Å². The number of hydrogen-bond acceptors (Lipinski definition) is 3. The maximum atomic E-state index is 6.35. The van der Waals surface area contributed by atoms with Crippen LogP contribution in [0, 0.1) is 16.7 Å². The zero-order chi connectivity index (χ0) is 14.5. The highest BCUT2D eigenvalue weighted by Gasteiger charge is 2.62. The van der Waals surface area contributed by atoms with E-state index in [9.17, 15) is 0 Å². The second-order valence-corrected chi connectivity index (χ2v) is 7.40. The molecule has 3 nitrogen and oxygen atoms in total. The van der Waals surface area contributed by atoms with Gasteiger partial charge in [0.15, 0.2) is 0 Å². The van der Waals surface area contributed by atoms with Crippen molar-refractivity contribution in [3.05, 3.63) is 23.9 Å². The number of rotatable bonds is 3. The second-order valence-electron chi connectivity index (χ2n) is 7.40. The first-order valence-electron chi connectivity index (χ1n) is 7.73. The molecule has 2 aliphatic carbocycles. The summed E-state index contributed by atoms with van der Waals surface area (Å²) in [7, 11) is 0. The molecule has 3 rings (SSSR count). The van der Waals surface area contributed by atoms with E-state index in [-0.39, 0.29) is 17.6 Å². The van der Waals surface area contributed by atoms with Crippen molar-refractivity contribution in [2.75, 3.05) is 0 Å². The summed E-state index contributed by atoms with van der Waals surface area (Å²) in [5, 5.41) is 0. The summed E-state index contributed by atoms with van der Waals surface area (Å²) in [4.78, 5) is 4.42. The zero-order valence-electron chi connectivity index (χ0n) is 13.0. The van der Waals surface area contributed by atoms with Crippen molar-refractivity contribution in [3.8, 4) is 5.88 Å². The molecule has 2 N–H and O–H groups in total. The van der Waals surface area contributed by atoms with E-state index < -0.39 is 0 Å². The molecule has 3 heteroatoms. The van der Waals surface area contributed by atoms with Crippen LogP contribution in [0.4, 0.5) is 0 Å². The summed E-state index contributed by atoms with van der Waals surface area (Å²) in [6, 6.07) is 3.91. The fourth-order valence-corrected chi connectivity index (χ4v) is 4.29. The number of ether oxygens (including phenoxy) is 1. The van der Waals surface area contributed by atoms with Gasteiger partial charge in [-0.2, -0.15) is 0 Å². The van der Waals surface area contributed by atoms with Crippen LogP contribution in [0.5, 0.6) is 5.88 Å². The molecule has 2 aliphatic rings. The Morgan fingerprint density at radius 1 is 1.40 bits per heavy atom. The highest BCUT2D eigenvalue weighted by Crippen LogP contribution is 2.66. The van der Waals surface area contributed by atoms with E-state index in [1.807, 2.05) is 19.1 Å². The lowest BCUT2D eigenvalue weighted by Gasteiger charge is -2.38. The zero-order valence-corrected chi connectivity index (χ0v) is 13.0. The molecule has 0 amide bonds. The van der Waals surface area contributed by atoms with Gasteiger partial charge in [0.05, 0.1) is 0 Å². The van der Waals surface area contributed by atoms with Crippen molar-refractivity contribution >= 4 is 0 Å². The number of aromatic nitrogens is 1. The Hall–Kier alpha value is -1.09. The minimum absolute atomic E-state index is 0.0434. The summed E-state index contributed by atoms with van der Waals surface area (Å²) < 4.78 is 6.35. The Morgan fingerprint density at radius 3 is 2.70 bits per heavy atom. The van der Waals surface area contributed by atoms with Gasteiger partial charge in [-0.1, -0.05) is 26.8 Å². The Bertz CT molecular complexity index is 511. The quantitative estimate of drug-likeness (QED) is 0.914.